The van der Waals surface area contributed by atoms with Gasteiger partial charge in [-0.05, 0) is 31.0 Å². The molecule has 1 fully saturated rings. The Balaban J connectivity index is 1.63. The van der Waals surface area contributed by atoms with E-state index in [4.69, 9.17) is 9.15 Å². The lowest BCUT2D eigenvalue weighted by Crippen LogP contribution is -2.38. The van der Waals surface area contributed by atoms with Crippen LogP contribution in [0.25, 0.3) is 11.0 Å². The largest absolute Gasteiger partial charge is 0.484 e. The summed E-state index contributed by atoms with van der Waals surface area (Å²) < 4.78 is 33.2. The van der Waals surface area contributed by atoms with Gasteiger partial charge >= 0.3 is 5.63 Å². The van der Waals surface area contributed by atoms with Gasteiger partial charge in [0.25, 0.3) is 5.91 Å². The molecule has 0 aliphatic carbocycles. The molecule has 3 rings (SSSR count). The number of carbonyl (C=O) groups is 1. The van der Waals surface area contributed by atoms with Crippen LogP contribution in [-0.4, -0.2) is 38.5 Å². The van der Waals surface area contributed by atoms with E-state index in [-0.39, 0.29) is 30.1 Å². The number of hydrogen-bond acceptors (Lipinski definition) is 6. The maximum atomic E-state index is 11.9. The first kappa shape index (κ1) is 16.5. The van der Waals surface area contributed by atoms with E-state index in [1.165, 1.54) is 6.07 Å². The Morgan fingerprint density at radius 3 is 2.88 bits per heavy atom. The summed E-state index contributed by atoms with van der Waals surface area (Å²) in [7, 11) is -3.04. The summed E-state index contributed by atoms with van der Waals surface area (Å²) in [6.45, 7) is 1.57. The minimum atomic E-state index is -3.04. The molecule has 1 aromatic heterocycles. The molecule has 1 aliphatic heterocycles. The molecule has 0 unspecified atom stereocenters. The molecule has 2 aromatic rings. The second-order valence-electron chi connectivity index (χ2n) is 5.86. The second kappa shape index (κ2) is 6.27. The predicted molar refractivity (Wildman–Crippen MR) is 87.9 cm³/mol. The summed E-state index contributed by atoms with van der Waals surface area (Å²) >= 11 is 0. The van der Waals surface area contributed by atoms with Crippen LogP contribution in [0, 0.1) is 6.92 Å². The van der Waals surface area contributed by atoms with Gasteiger partial charge in [-0.1, -0.05) is 0 Å². The lowest BCUT2D eigenvalue weighted by atomic mass is 10.1. The highest BCUT2D eigenvalue weighted by Gasteiger charge is 2.28. The van der Waals surface area contributed by atoms with Crippen LogP contribution in [0.4, 0.5) is 0 Å². The average Bonchev–Trinajstić information content (AvgIpc) is 2.83. The molecule has 0 spiro atoms. The van der Waals surface area contributed by atoms with Gasteiger partial charge in [0, 0.05) is 23.6 Å². The lowest BCUT2D eigenvalue weighted by Gasteiger charge is -2.12. The third kappa shape index (κ3) is 3.76. The molecule has 1 amide bonds. The number of hydrogen-bond donors (Lipinski definition) is 1. The van der Waals surface area contributed by atoms with Crippen molar-refractivity contribution in [2.24, 2.45) is 0 Å². The fraction of sp³-hybridized carbons (Fsp3) is 0.375. The smallest absolute Gasteiger partial charge is 0.336 e. The van der Waals surface area contributed by atoms with Gasteiger partial charge < -0.3 is 14.5 Å². The SMILES string of the molecule is Cc1cc(=O)oc2cc(OCC(=O)N[C@@H]3CCS(=O)(=O)C3)ccc12. The molecule has 0 saturated carbocycles. The molecule has 1 N–H and O–H groups in total. The van der Waals surface area contributed by atoms with E-state index in [1.807, 2.05) is 6.92 Å². The van der Waals surface area contributed by atoms with Gasteiger partial charge in [-0.15, -0.1) is 0 Å². The van der Waals surface area contributed by atoms with Crippen LogP contribution >= 0.6 is 0 Å². The molecule has 0 radical (unpaired) electrons. The third-order valence-electron chi connectivity index (χ3n) is 3.89. The fourth-order valence-corrected chi connectivity index (χ4v) is 4.40. The van der Waals surface area contributed by atoms with Crippen molar-refractivity contribution < 1.29 is 22.4 Å². The van der Waals surface area contributed by atoms with Crippen LogP contribution in [0.3, 0.4) is 0 Å². The molecule has 1 saturated heterocycles. The van der Waals surface area contributed by atoms with Crippen molar-refractivity contribution in [3.8, 4) is 5.75 Å². The number of carbonyl (C=O) groups excluding carboxylic acids is 1. The first-order valence-corrected chi connectivity index (χ1v) is 9.32. The third-order valence-corrected chi connectivity index (χ3v) is 5.66. The normalized spacial score (nSPS) is 19.3. The molecule has 7 nitrogen and oxygen atoms in total. The van der Waals surface area contributed by atoms with E-state index in [0.717, 1.165) is 10.9 Å². The van der Waals surface area contributed by atoms with Crippen LogP contribution in [0.1, 0.15) is 12.0 Å². The van der Waals surface area contributed by atoms with Crippen molar-refractivity contribution in [3.05, 3.63) is 40.2 Å². The Morgan fingerprint density at radius 2 is 2.17 bits per heavy atom. The Hall–Kier alpha value is -2.35. The van der Waals surface area contributed by atoms with Gasteiger partial charge in [-0.2, -0.15) is 0 Å². The number of sulfone groups is 1. The summed E-state index contributed by atoms with van der Waals surface area (Å²) in [5.41, 5.74) is 0.741. The van der Waals surface area contributed by atoms with E-state index in [9.17, 15) is 18.0 Å². The minimum absolute atomic E-state index is 0.0286. The predicted octanol–water partition coefficient (Wildman–Crippen LogP) is 0.784. The van der Waals surface area contributed by atoms with Crippen LogP contribution in [-0.2, 0) is 14.6 Å². The lowest BCUT2D eigenvalue weighted by molar-refractivity contribution is -0.123. The van der Waals surface area contributed by atoms with Gasteiger partial charge in [-0.3, -0.25) is 4.79 Å². The zero-order chi connectivity index (χ0) is 17.3. The summed E-state index contributed by atoms with van der Waals surface area (Å²) in [6.07, 6.45) is 0.425. The second-order valence-corrected chi connectivity index (χ2v) is 8.09. The van der Waals surface area contributed by atoms with E-state index < -0.39 is 15.5 Å². The quantitative estimate of drug-likeness (QED) is 0.817. The minimum Gasteiger partial charge on any atom is -0.484 e. The number of ether oxygens (including phenoxy) is 1. The van der Waals surface area contributed by atoms with Gasteiger partial charge in [0.15, 0.2) is 16.4 Å². The van der Waals surface area contributed by atoms with Gasteiger partial charge in [0.1, 0.15) is 11.3 Å². The first-order chi connectivity index (χ1) is 11.3. The van der Waals surface area contributed by atoms with E-state index in [2.05, 4.69) is 5.32 Å². The van der Waals surface area contributed by atoms with E-state index in [1.54, 1.807) is 18.2 Å². The monoisotopic (exact) mass is 351 g/mol. The van der Waals surface area contributed by atoms with Crippen LogP contribution in [0.5, 0.6) is 5.75 Å². The number of benzene rings is 1. The summed E-state index contributed by atoms with van der Waals surface area (Å²) in [6, 6.07) is 6.04. The van der Waals surface area contributed by atoms with Crippen LogP contribution in [0.2, 0.25) is 0 Å². The summed E-state index contributed by atoms with van der Waals surface area (Å²) in [4.78, 5) is 23.3. The van der Waals surface area contributed by atoms with Crippen molar-refractivity contribution in [1.29, 1.82) is 0 Å². The average molecular weight is 351 g/mol. The van der Waals surface area contributed by atoms with Crippen molar-refractivity contribution in [2.75, 3.05) is 18.1 Å². The number of fused-ring (bicyclic) bond motifs is 1. The molecule has 8 heteroatoms. The number of nitrogens with one attached hydrogen (secondary N) is 1. The highest BCUT2D eigenvalue weighted by molar-refractivity contribution is 7.91. The Kier molecular flexibility index (Phi) is 4.31. The summed E-state index contributed by atoms with van der Waals surface area (Å²) in [5.74, 6) is 0.0782. The topological polar surface area (TPSA) is 103 Å². The fourth-order valence-electron chi connectivity index (χ4n) is 2.72. The van der Waals surface area contributed by atoms with Gasteiger partial charge in [-0.25, -0.2) is 13.2 Å². The Morgan fingerprint density at radius 1 is 1.38 bits per heavy atom. The molecule has 1 aliphatic rings. The number of aryl methyl sites for hydroxylation is 1. The van der Waals surface area contributed by atoms with Crippen molar-refractivity contribution in [2.45, 2.75) is 19.4 Å². The van der Waals surface area contributed by atoms with E-state index in [0.29, 0.717) is 17.8 Å². The maximum absolute atomic E-state index is 11.9. The summed E-state index contributed by atoms with van der Waals surface area (Å²) in [5, 5.41) is 3.44. The standard InChI is InChI=1S/C16H17NO6S/c1-10-6-16(19)23-14-7-12(2-3-13(10)14)22-8-15(18)17-11-4-5-24(20,21)9-11/h2-3,6-7,11H,4-5,8-9H2,1H3,(H,17,18)/t11-/m1/s1. The molecule has 128 valence electrons. The molecule has 1 aromatic carbocycles. The zero-order valence-corrected chi connectivity index (χ0v) is 13.9. The van der Waals surface area contributed by atoms with Gasteiger partial charge in [0.2, 0.25) is 0 Å². The molecular formula is C16H17NO6S. The maximum Gasteiger partial charge on any atom is 0.336 e. The highest BCUT2D eigenvalue weighted by atomic mass is 32.2. The van der Waals surface area contributed by atoms with Crippen molar-refractivity contribution >= 4 is 26.7 Å². The number of amides is 1. The number of rotatable bonds is 4. The molecule has 2 heterocycles. The zero-order valence-electron chi connectivity index (χ0n) is 13.1. The van der Waals surface area contributed by atoms with E-state index >= 15 is 0 Å². The first-order valence-electron chi connectivity index (χ1n) is 7.49. The van der Waals surface area contributed by atoms with Crippen molar-refractivity contribution in [1.82, 2.24) is 5.32 Å². The molecule has 1 atom stereocenters. The Labute approximate surface area is 138 Å². The van der Waals surface area contributed by atoms with Gasteiger partial charge in [0.05, 0.1) is 11.5 Å². The van der Waals surface area contributed by atoms with Crippen LogP contribution in [0.15, 0.2) is 33.5 Å². The highest BCUT2D eigenvalue weighted by Crippen LogP contribution is 2.22. The molecule has 0 bridgehead atoms. The van der Waals surface area contributed by atoms with Crippen molar-refractivity contribution in [3.63, 3.8) is 0 Å². The molecular weight excluding hydrogens is 334 g/mol. The Bertz CT molecular complexity index is 947. The van der Waals surface area contributed by atoms with Crippen LogP contribution < -0.4 is 15.7 Å². The molecule has 24 heavy (non-hydrogen) atoms.